The number of amides is 1. The number of piperazine rings is 1. The minimum absolute atomic E-state index is 0.0188. The number of benzene rings is 1. The highest BCUT2D eigenvalue weighted by Crippen LogP contribution is 2.25. The van der Waals surface area contributed by atoms with Crippen LogP contribution >= 0.6 is 0 Å². The molecule has 1 aliphatic heterocycles. The topological polar surface area (TPSA) is 110 Å². The van der Waals surface area contributed by atoms with Crippen molar-refractivity contribution < 1.29 is 18.1 Å². The SMILES string of the molecule is Cc1cc([N+](=O)[O-])ccc1S(=O)(=O)N1CCNC(=O)C1C. The van der Waals surface area contributed by atoms with E-state index in [1.165, 1.54) is 26.0 Å². The lowest BCUT2D eigenvalue weighted by Crippen LogP contribution is -2.55. The van der Waals surface area contributed by atoms with Gasteiger partial charge >= 0.3 is 0 Å². The van der Waals surface area contributed by atoms with E-state index in [9.17, 15) is 23.3 Å². The molecule has 1 amide bonds. The number of carbonyl (C=O) groups excluding carboxylic acids is 1. The van der Waals surface area contributed by atoms with Crippen LogP contribution in [0.1, 0.15) is 12.5 Å². The summed E-state index contributed by atoms with van der Waals surface area (Å²) in [5.74, 6) is -0.357. The molecule has 0 aliphatic carbocycles. The monoisotopic (exact) mass is 313 g/mol. The molecule has 8 nitrogen and oxygen atoms in total. The average molecular weight is 313 g/mol. The summed E-state index contributed by atoms with van der Waals surface area (Å²) in [7, 11) is -3.87. The highest BCUT2D eigenvalue weighted by atomic mass is 32.2. The Balaban J connectivity index is 2.44. The maximum absolute atomic E-state index is 12.6. The zero-order valence-electron chi connectivity index (χ0n) is 11.6. The van der Waals surface area contributed by atoms with Crippen molar-refractivity contribution in [3.63, 3.8) is 0 Å². The minimum Gasteiger partial charge on any atom is -0.353 e. The number of sulfonamides is 1. The Kier molecular flexibility index (Phi) is 3.97. The maximum Gasteiger partial charge on any atom is 0.269 e. The van der Waals surface area contributed by atoms with Crippen molar-refractivity contribution in [2.75, 3.05) is 13.1 Å². The number of carbonyl (C=O) groups is 1. The number of hydrogen-bond acceptors (Lipinski definition) is 5. The van der Waals surface area contributed by atoms with Gasteiger partial charge in [-0.25, -0.2) is 8.42 Å². The predicted octanol–water partition coefficient (Wildman–Crippen LogP) is 0.412. The fourth-order valence-electron chi connectivity index (χ4n) is 2.25. The van der Waals surface area contributed by atoms with E-state index < -0.39 is 21.0 Å². The summed E-state index contributed by atoms with van der Waals surface area (Å²) in [4.78, 5) is 21.7. The van der Waals surface area contributed by atoms with E-state index in [0.717, 1.165) is 10.4 Å². The Labute approximate surface area is 122 Å². The summed E-state index contributed by atoms with van der Waals surface area (Å²) < 4.78 is 26.4. The number of nitrogens with one attached hydrogen (secondary N) is 1. The third-order valence-corrected chi connectivity index (χ3v) is 5.53. The smallest absolute Gasteiger partial charge is 0.269 e. The predicted molar refractivity (Wildman–Crippen MR) is 74.2 cm³/mol. The van der Waals surface area contributed by atoms with Gasteiger partial charge in [-0.05, 0) is 25.5 Å². The third kappa shape index (κ3) is 2.74. The van der Waals surface area contributed by atoms with E-state index in [1.54, 1.807) is 0 Å². The quantitative estimate of drug-likeness (QED) is 0.642. The average Bonchev–Trinajstić information content (AvgIpc) is 2.41. The van der Waals surface area contributed by atoms with Gasteiger partial charge in [-0.1, -0.05) is 0 Å². The Morgan fingerprint density at radius 3 is 2.67 bits per heavy atom. The summed E-state index contributed by atoms with van der Waals surface area (Å²) >= 11 is 0. The lowest BCUT2D eigenvalue weighted by atomic mass is 10.2. The standard InChI is InChI=1S/C12H15N3O5S/c1-8-7-10(15(17)18)3-4-11(8)21(19,20)14-6-5-13-12(16)9(14)2/h3-4,7,9H,5-6H2,1-2H3,(H,13,16). The first-order valence-electron chi connectivity index (χ1n) is 6.29. The van der Waals surface area contributed by atoms with Gasteiger partial charge in [0.15, 0.2) is 0 Å². The minimum atomic E-state index is -3.87. The molecule has 1 aliphatic rings. The van der Waals surface area contributed by atoms with E-state index in [1.807, 2.05) is 0 Å². The number of nitrogens with zero attached hydrogens (tertiary/aromatic N) is 2. The molecule has 1 fully saturated rings. The molecule has 0 bridgehead atoms. The summed E-state index contributed by atoms with van der Waals surface area (Å²) in [6.45, 7) is 3.42. The van der Waals surface area contributed by atoms with Gasteiger partial charge in [0.25, 0.3) is 5.69 Å². The summed E-state index contributed by atoms with van der Waals surface area (Å²) in [6, 6.07) is 2.76. The van der Waals surface area contributed by atoms with Gasteiger partial charge in [-0.2, -0.15) is 4.31 Å². The van der Waals surface area contributed by atoms with Crippen LogP contribution < -0.4 is 5.32 Å². The highest BCUT2D eigenvalue weighted by molar-refractivity contribution is 7.89. The fraction of sp³-hybridized carbons (Fsp3) is 0.417. The molecule has 1 saturated heterocycles. The van der Waals surface area contributed by atoms with Crippen LogP contribution in [0.3, 0.4) is 0 Å². The molecule has 9 heteroatoms. The van der Waals surface area contributed by atoms with E-state index in [-0.39, 0.29) is 35.1 Å². The van der Waals surface area contributed by atoms with Crippen molar-refractivity contribution in [1.82, 2.24) is 9.62 Å². The molecule has 1 atom stereocenters. The zero-order chi connectivity index (χ0) is 15.8. The van der Waals surface area contributed by atoms with Gasteiger partial charge in [0.05, 0.1) is 9.82 Å². The molecule has 2 rings (SSSR count). The second-order valence-electron chi connectivity index (χ2n) is 4.79. The summed E-state index contributed by atoms with van der Waals surface area (Å²) in [5.41, 5.74) is 0.110. The molecular formula is C12H15N3O5S. The van der Waals surface area contributed by atoms with Crippen molar-refractivity contribution in [2.24, 2.45) is 0 Å². The highest BCUT2D eigenvalue weighted by Gasteiger charge is 2.36. The van der Waals surface area contributed by atoms with Crippen LogP contribution in [0, 0.1) is 17.0 Å². The molecule has 1 unspecified atom stereocenters. The van der Waals surface area contributed by atoms with Crippen molar-refractivity contribution in [2.45, 2.75) is 24.8 Å². The van der Waals surface area contributed by atoms with Gasteiger partial charge < -0.3 is 5.32 Å². The Bertz CT molecular complexity index is 701. The first-order valence-corrected chi connectivity index (χ1v) is 7.74. The second kappa shape index (κ2) is 5.41. The van der Waals surface area contributed by atoms with Crippen molar-refractivity contribution in [1.29, 1.82) is 0 Å². The number of nitro benzene ring substituents is 1. The van der Waals surface area contributed by atoms with E-state index >= 15 is 0 Å². The Morgan fingerprint density at radius 1 is 1.43 bits per heavy atom. The Hall–Kier alpha value is -2.00. The van der Waals surface area contributed by atoms with Crippen molar-refractivity contribution in [3.05, 3.63) is 33.9 Å². The Morgan fingerprint density at radius 2 is 2.10 bits per heavy atom. The molecule has 1 heterocycles. The third-order valence-electron chi connectivity index (χ3n) is 3.40. The lowest BCUT2D eigenvalue weighted by molar-refractivity contribution is -0.385. The zero-order valence-corrected chi connectivity index (χ0v) is 12.4. The van der Waals surface area contributed by atoms with Crippen molar-refractivity contribution in [3.8, 4) is 0 Å². The van der Waals surface area contributed by atoms with E-state index in [0.29, 0.717) is 0 Å². The van der Waals surface area contributed by atoms with Gasteiger partial charge in [0.1, 0.15) is 6.04 Å². The number of rotatable bonds is 3. The van der Waals surface area contributed by atoms with Gasteiger partial charge in [-0.3, -0.25) is 14.9 Å². The molecule has 21 heavy (non-hydrogen) atoms. The lowest BCUT2D eigenvalue weighted by Gasteiger charge is -2.32. The molecule has 1 N–H and O–H groups in total. The van der Waals surface area contributed by atoms with Crippen LogP contribution in [0.15, 0.2) is 23.1 Å². The first kappa shape index (κ1) is 15.4. The van der Waals surface area contributed by atoms with E-state index in [4.69, 9.17) is 0 Å². The van der Waals surface area contributed by atoms with Crippen LogP contribution in [-0.2, 0) is 14.8 Å². The number of non-ortho nitro benzene ring substituents is 1. The van der Waals surface area contributed by atoms with Gasteiger partial charge in [0.2, 0.25) is 15.9 Å². The molecular weight excluding hydrogens is 298 g/mol. The number of hydrogen-bond donors (Lipinski definition) is 1. The molecule has 114 valence electrons. The molecule has 0 aromatic heterocycles. The molecule has 0 spiro atoms. The van der Waals surface area contributed by atoms with Gasteiger partial charge in [0, 0.05) is 25.2 Å². The molecule has 0 radical (unpaired) electrons. The van der Waals surface area contributed by atoms with Crippen LogP contribution in [-0.4, -0.2) is 42.7 Å². The summed E-state index contributed by atoms with van der Waals surface area (Å²) in [6.07, 6.45) is 0. The second-order valence-corrected chi connectivity index (χ2v) is 6.65. The normalized spacial score (nSPS) is 20.1. The molecule has 1 aromatic carbocycles. The van der Waals surface area contributed by atoms with Crippen LogP contribution in [0.4, 0.5) is 5.69 Å². The van der Waals surface area contributed by atoms with E-state index in [2.05, 4.69) is 5.32 Å². The summed E-state index contributed by atoms with van der Waals surface area (Å²) in [5, 5.41) is 13.3. The largest absolute Gasteiger partial charge is 0.353 e. The fourth-order valence-corrected chi connectivity index (χ4v) is 4.05. The van der Waals surface area contributed by atoms with Gasteiger partial charge in [-0.15, -0.1) is 0 Å². The van der Waals surface area contributed by atoms with Crippen LogP contribution in [0.2, 0.25) is 0 Å². The first-order chi connectivity index (χ1) is 9.75. The number of nitro groups is 1. The van der Waals surface area contributed by atoms with Crippen LogP contribution in [0.25, 0.3) is 0 Å². The molecule has 0 saturated carbocycles. The number of aryl methyl sites for hydroxylation is 1. The van der Waals surface area contributed by atoms with Crippen LogP contribution in [0.5, 0.6) is 0 Å². The maximum atomic E-state index is 12.6. The van der Waals surface area contributed by atoms with Crippen molar-refractivity contribution >= 4 is 21.6 Å². The molecule has 1 aromatic rings.